The molecule has 2 nitrogen and oxygen atoms in total. The lowest BCUT2D eigenvalue weighted by atomic mass is 9.86. The molecule has 0 aliphatic carbocycles. The average molecular weight is 326 g/mol. The van der Waals surface area contributed by atoms with Crippen LogP contribution in [0.3, 0.4) is 0 Å². The standard InChI is InChI=1S/C16H24BrNO/c1-3-9-18-16(13-6-5-10-19-11-13)14-7-4-8-15(17)12(14)2/h4,7-8,13,16,18H,3,5-6,9-11H2,1-2H3. The highest BCUT2D eigenvalue weighted by atomic mass is 79.9. The molecule has 1 aliphatic heterocycles. The predicted molar refractivity (Wildman–Crippen MR) is 83.5 cm³/mol. The summed E-state index contributed by atoms with van der Waals surface area (Å²) < 4.78 is 6.88. The van der Waals surface area contributed by atoms with Crippen LogP contribution in [0.1, 0.15) is 43.4 Å². The molecule has 1 aromatic rings. The van der Waals surface area contributed by atoms with Gasteiger partial charge in [-0.15, -0.1) is 0 Å². The van der Waals surface area contributed by atoms with E-state index in [-0.39, 0.29) is 0 Å². The van der Waals surface area contributed by atoms with Gasteiger partial charge in [-0.2, -0.15) is 0 Å². The van der Waals surface area contributed by atoms with Crippen LogP contribution in [-0.4, -0.2) is 19.8 Å². The molecule has 106 valence electrons. The van der Waals surface area contributed by atoms with Crippen molar-refractivity contribution in [3.05, 3.63) is 33.8 Å². The molecule has 1 fully saturated rings. The second-order valence-corrected chi connectivity index (χ2v) is 6.22. The molecule has 19 heavy (non-hydrogen) atoms. The van der Waals surface area contributed by atoms with E-state index in [2.05, 4.69) is 53.3 Å². The Bertz CT molecular complexity index is 402. The van der Waals surface area contributed by atoms with Crippen LogP contribution in [0.5, 0.6) is 0 Å². The molecule has 1 aromatic carbocycles. The van der Waals surface area contributed by atoms with Crippen molar-refractivity contribution in [1.82, 2.24) is 5.32 Å². The monoisotopic (exact) mass is 325 g/mol. The Morgan fingerprint density at radius 2 is 2.32 bits per heavy atom. The molecule has 2 atom stereocenters. The highest BCUT2D eigenvalue weighted by molar-refractivity contribution is 9.10. The van der Waals surface area contributed by atoms with Crippen molar-refractivity contribution >= 4 is 15.9 Å². The summed E-state index contributed by atoms with van der Waals surface area (Å²) >= 11 is 3.65. The molecule has 2 unspecified atom stereocenters. The largest absolute Gasteiger partial charge is 0.381 e. The van der Waals surface area contributed by atoms with Gasteiger partial charge in [0.2, 0.25) is 0 Å². The van der Waals surface area contributed by atoms with Gasteiger partial charge in [0.25, 0.3) is 0 Å². The van der Waals surface area contributed by atoms with Crippen molar-refractivity contribution in [2.45, 2.75) is 39.2 Å². The van der Waals surface area contributed by atoms with Gasteiger partial charge in [0.1, 0.15) is 0 Å². The smallest absolute Gasteiger partial charge is 0.0512 e. The zero-order chi connectivity index (χ0) is 13.7. The molecule has 3 heteroatoms. The van der Waals surface area contributed by atoms with Gasteiger partial charge in [0.15, 0.2) is 0 Å². The normalized spacial score (nSPS) is 21.3. The Morgan fingerprint density at radius 1 is 1.47 bits per heavy atom. The van der Waals surface area contributed by atoms with E-state index >= 15 is 0 Å². The average Bonchev–Trinajstić information content (AvgIpc) is 2.45. The Morgan fingerprint density at radius 3 is 3.00 bits per heavy atom. The summed E-state index contributed by atoms with van der Waals surface area (Å²) in [7, 11) is 0. The van der Waals surface area contributed by atoms with Crippen LogP contribution < -0.4 is 5.32 Å². The molecule has 1 N–H and O–H groups in total. The van der Waals surface area contributed by atoms with E-state index in [1.807, 2.05) is 0 Å². The van der Waals surface area contributed by atoms with Crippen molar-refractivity contribution in [3.63, 3.8) is 0 Å². The fourth-order valence-corrected chi connectivity index (χ4v) is 3.20. The number of halogens is 1. The van der Waals surface area contributed by atoms with Crippen molar-refractivity contribution in [2.75, 3.05) is 19.8 Å². The highest BCUT2D eigenvalue weighted by Gasteiger charge is 2.26. The summed E-state index contributed by atoms with van der Waals surface area (Å²) in [4.78, 5) is 0. The first-order valence-corrected chi connectivity index (χ1v) is 8.09. The predicted octanol–water partition coefficient (Wildman–Crippen LogP) is 4.22. The molecule has 1 aliphatic rings. The number of ether oxygens (including phenoxy) is 1. The first kappa shape index (κ1) is 15.0. The van der Waals surface area contributed by atoms with Gasteiger partial charge >= 0.3 is 0 Å². The van der Waals surface area contributed by atoms with Crippen LogP contribution in [0.2, 0.25) is 0 Å². The Kier molecular flexibility index (Phi) is 5.86. The minimum atomic E-state index is 0.415. The second kappa shape index (κ2) is 7.41. The quantitative estimate of drug-likeness (QED) is 0.874. The molecule has 0 aromatic heterocycles. The molecule has 0 saturated carbocycles. The highest BCUT2D eigenvalue weighted by Crippen LogP contribution is 2.33. The van der Waals surface area contributed by atoms with Crippen molar-refractivity contribution in [3.8, 4) is 0 Å². The lowest BCUT2D eigenvalue weighted by molar-refractivity contribution is 0.0389. The van der Waals surface area contributed by atoms with E-state index in [0.29, 0.717) is 12.0 Å². The molecular weight excluding hydrogens is 302 g/mol. The third-order valence-corrected chi connectivity index (χ3v) is 4.78. The molecule has 0 amide bonds. The van der Waals surface area contributed by atoms with Gasteiger partial charge < -0.3 is 10.1 Å². The molecule has 1 heterocycles. The maximum atomic E-state index is 5.68. The van der Waals surface area contributed by atoms with E-state index in [1.54, 1.807) is 0 Å². The number of nitrogens with one attached hydrogen (secondary N) is 1. The van der Waals surface area contributed by atoms with Crippen molar-refractivity contribution in [1.29, 1.82) is 0 Å². The summed E-state index contributed by atoms with van der Waals surface area (Å²) in [5.74, 6) is 0.591. The van der Waals surface area contributed by atoms with Crippen LogP contribution in [0.25, 0.3) is 0 Å². The lowest BCUT2D eigenvalue weighted by Crippen LogP contribution is -2.34. The first-order chi connectivity index (χ1) is 9.24. The van der Waals surface area contributed by atoms with Gasteiger partial charge in [-0.3, -0.25) is 0 Å². The topological polar surface area (TPSA) is 21.3 Å². The number of hydrogen-bond acceptors (Lipinski definition) is 2. The second-order valence-electron chi connectivity index (χ2n) is 5.36. The van der Waals surface area contributed by atoms with E-state index in [0.717, 1.165) is 26.2 Å². The molecule has 2 rings (SSSR count). The minimum absolute atomic E-state index is 0.415. The molecule has 0 radical (unpaired) electrons. The van der Waals surface area contributed by atoms with E-state index in [4.69, 9.17) is 4.74 Å². The zero-order valence-corrected chi connectivity index (χ0v) is 13.5. The van der Waals surface area contributed by atoms with Crippen LogP contribution in [0.4, 0.5) is 0 Å². The number of hydrogen-bond donors (Lipinski definition) is 1. The van der Waals surface area contributed by atoms with Crippen LogP contribution in [-0.2, 0) is 4.74 Å². The number of rotatable bonds is 5. The summed E-state index contributed by atoms with van der Waals surface area (Å²) in [5.41, 5.74) is 2.76. The van der Waals surface area contributed by atoms with Crippen LogP contribution in [0, 0.1) is 12.8 Å². The summed E-state index contributed by atoms with van der Waals surface area (Å²) in [6.07, 6.45) is 3.60. The van der Waals surface area contributed by atoms with Crippen molar-refractivity contribution < 1.29 is 4.74 Å². The van der Waals surface area contributed by atoms with Crippen LogP contribution >= 0.6 is 15.9 Å². The van der Waals surface area contributed by atoms with Gasteiger partial charge in [-0.05, 0) is 49.9 Å². The fourth-order valence-electron chi connectivity index (χ4n) is 2.82. The SMILES string of the molecule is CCCNC(c1cccc(Br)c1C)C1CCCOC1. The van der Waals surface area contributed by atoms with Crippen LogP contribution in [0.15, 0.2) is 22.7 Å². The van der Waals surface area contributed by atoms with Gasteiger partial charge in [0, 0.05) is 23.0 Å². The minimum Gasteiger partial charge on any atom is -0.381 e. The van der Waals surface area contributed by atoms with Gasteiger partial charge in [0.05, 0.1) is 6.61 Å². The number of benzene rings is 1. The maximum Gasteiger partial charge on any atom is 0.0512 e. The maximum absolute atomic E-state index is 5.68. The Hall–Kier alpha value is -0.380. The van der Waals surface area contributed by atoms with Crippen molar-refractivity contribution in [2.24, 2.45) is 5.92 Å². The lowest BCUT2D eigenvalue weighted by Gasteiger charge is -2.32. The molecular formula is C16H24BrNO. The summed E-state index contributed by atoms with van der Waals surface area (Å²) in [5, 5.41) is 3.72. The summed E-state index contributed by atoms with van der Waals surface area (Å²) in [6, 6.07) is 6.92. The van der Waals surface area contributed by atoms with E-state index in [9.17, 15) is 0 Å². The Balaban J connectivity index is 2.22. The molecule has 0 bridgehead atoms. The van der Waals surface area contributed by atoms with E-state index in [1.165, 1.54) is 28.4 Å². The fraction of sp³-hybridized carbons (Fsp3) is 0.625. The Labute approximate surface area is 125 Å². The molecule has 1 saturated heterocycles. The van der Waals surface area contributed by atoms with Gasteiger partial charge in [-0.1, -0.05) is 35.0 Å². The molecule has 0 spiro atoms. The summed E-state index contributed by atoms with van der Waals surface area (Å²) in [6.45, 7) is 7.29. The van der Waals surface area contributed by atoms with E-state index < -0.39 is 0 Å². The van der Waals surface area contributed by atoms with Gasteiger partial charge in [-0.25, -0.2) is 0 Å². The zero-order valence-electron chi connectivity index (χ0n) is 11.9. The third-order valence-electron chi connectivity index (χ3n) is 3.93. The third kappa shape index (κ3) is 3.80. The first-order valence-electron chi connectivity index (χ1n) is 7.30.